The van der Waals surface area contributed by atoms with Crippen LogP contribution in [0.4, 0.5) is 5.69 Å². The minimum Gasteiger partial charge on any atom is -0.497 e. The third-order valence-electron chi connectivity index (χ3n) is 7.34. The number of rotatable bonds is 9. The highest BCUT2D eigenvalue weighted by molar-refractivity contribution is 7.89. The number of nitrogens with zero attached hydrogens (tertiary/aromatic N) is 2. The summed E-state index contributed by atoms with van der Waals surface area (Å²) in [4.78, 5) is 27.4. The van der Waals surface area contributed by atoms with E-state index in [2.05, 4.69) is 5.32 Å². The van der Waals surface area contributed by atoms with Gasteiger partial charge in [-0.15, -0.1) is 0 Å². The summed E-state index contributed by atoms with van der Waals surface area (Å²) in [5, 5.41) is 12.7. The maximum Gasteiger partial charge on any atom is 0.242 e. The van der Waals surface area contributed by atoms with Crippen LogP contribution in [0.15, 0.2) is 47.4 Å². The lowest BCUT2D eigenvalue weighted by molar-refractivity contribution is -0.134. The van der Waals surface area contributed by atoms with Gasteiger partial charge in [-0.05, 0) is 62.2 Å². The van der Waals surface area contributed by atoms with Crippen LogP contribution in [0.2, 0.25) is 0 Å². The van der Waals surface area contributed by atoms with Crippen LogP contribution in [0, 0.1) is 11.8 Å². The van der Waals surface area contributed by atoms with Crippen LogP contribution < -0.4 is 14.8 Å². The fourth-order valence-electron chi connectivity index (χ4n) is 4.59. The number of carbonyl (C=O) groups excluding carboxylic acids is 2. The Hall–Kier alpha value is -3.15. The molecule has 0 spiro atoms. The standard InChI is InChI=1S/C28H37N3O7S/c1-18-15-31(19(2)17-32)27(33)14-21-13-22(29-28(34)20-5-6-20)7-12-25(21)38-26(18)16-30(3)39(35,36)24-10-8-23(37-4)9-11-24/h7-13,18-20,26,32H,5-6,14-17H2,1-4H3,(H,29,34)/t18-,19+,26-/m1/s1. The molecule has 11 heteroatoms. The van der Waals surface area contributed by atoms with Crippen LogP contribution in [0.25, 0.3) is 0 Å². The molecule has 1 fully saturated rings. The average Bonchev–Trinajstić information content (AvgIpc) is 3.77. The number of fused-ring (bicyclic) bond motifs is 1. The lowest BCUT2D eigenvalue weighted by atomic mass is 10.0. The zero-order valence-corrected chi connectivity index (χ0v) is 23.6. The molecule has 2 aromatic carbocycles. The van der Waals surface area contributed by atoms with Crippen LogP contribution in [-0.4, -0.2) is 80.5 Å². The van der Waals surface area contributed by atoms with E-state index in [1.54, 1.807) is 42.2 Å². The van der Waals surface area contributed by atoms with Crippen molar-refractivity contribution in [2.24, 2.45) is 11.8 Å². The van der Waals surface area contributed by atoms with E-state index in [9.17, 15) is 23.1 Å². The molecule has 0 radical (unpaired) electrons. The molecule has 39 heavy (non-hydrogen) atoms. The number of amides is 2. The Morgan fingerprint density at radius 2 is 1.92 bits per heavy atom. The molecule has 4 rings (SSSR count). The molecule has 3 atom stereocenters. The van der Waals surface area contributed by atoms with Gasteiger partial charge in [0.25, 0.3) is 0 Å². The zero-order valence-electron chi connectivity index (χ0n) is 22.8. The molecule has 2 aromatic rings. The molecule has 0 unspecified atom stereocenters. The molecule has 1 heterocycles. The van der Waals surface area contributed by atoms with Gasteiger partial charge in [0.15, 0.2) is 0 Å². The highest BCUT2D eigenvalue weighted by atomic mass is 32.2. The van der Waals surface area contributed by atoms with Gasteiger partial charge in [-0.3, -0.25) is 9.59 Å². The summed E-state index contributed by atoms with van der Waals surface area (Å²) in [7, 11) is -0.820. The summed E-state index contributed by atoms with van der Waals surface area (Å²) in [6, 6.07) is 10.9. The molecule has 2 amide bonds. The molecule has 2 aliphatic rings. The Kier molecular flexibility index (Phi) is 8.83. The SMILES string of the molecule is COc1ccc(S(=O)(=O)N(C)C[C@H]2Oc3ccc(NC(=O)C4CC4)cc3CC(=O)N([C@@H](C)CO)C[C@H]2C)cc1. The lowest BCUT2D eigenvalue weighted by Crippen LogP contribution is -2.48. The molecule has 0 aromatic heterocycles. The van der Waals surface area contributed by atoms with E-state index < -0.39 is 22.2 Å². The molecular weight excluding hydrogens is 522 g/mol. The number of sulfonamides is 1. The van der Waals surface area contributed by atoms with Crippen molar-refractivity contribution in [2.75, 3.05) is 39.2 Å². The Morgan fingerprint density at radius 3 is 2.54 bits per heavy atom. The maximum atomic E-state index is 13.4. The van der Waals surface area contributed by atoms with Crippen molar-refractivity contribution in [1.82, 2.24) is 9.21 Å². The van der Waals surface area contributed by atoms with Crippen molar-refractivity contribution in [2.45, 2.75) is 50.2 Å². The second kappa shape index (κ2) is 11.9. The number of aliphatic hydroxyl groups is 1. The topological polar surface area (TPSA) is 125 Å². The number of anilines is 1. The molecule has 1 saturated carbocycles. The van der Waals surface area contributed by atoms with Crippen LogP contribution >= 0.6 is 0 Å². The van der Waals surface area contributed by atoms with E-state index >= 15 is 0 Å². The predicted octanol–water partition coefficient (Wildman–Crippen LogP) is 2.51. The van der Waals surface area contributed by atoms with Crippen molar-refractivity contribution in [3.05, 3.63) is 48.0 Å². The van der Waals surface area contributed by atoms with Gasteiger partial charge in [0.2, 0.25) is 21.8 Å². The number of methoxy groups -OCH3 is 1. The van der Waals surface area contributed by atoms with Gasteiger partial charge in [-0.2, -0.15) is 4.31 Å². The number of carbonyl (C=O) groups is 2. The Morgan fingerprint density at radius 1 is 1.23 bits per heavy atom. The molecule has 0 bridgehead atoms. The molecular formula is C28H37N3O7S. The quantitative estimate of drug-likeness (QED) is 0.484. The largest absolute Gasteiger partial charge is 0.497 e. The molecule has 212 valence electrons. The maximum absolute atomic E-state index is 13.4. The van der Waals surface area contributed by atoms with E-state index in [0.717, 1.165) is 12.8 Å². The van der Waals surface area contributed by atoms with Crippen molar-refractivity contribution >= 4 is 27.5 Å². The van der Waals surface area contributed by atoms with E-state index in [4.69, 9.17) is 9.47 Å². The average molecular weight is 560 g/mol. The minimum absolute atomic E-state index is 0.0201. The van der Waals surface area contributed by atoms with E-state index in [0.29, 0.717) is 22.7 Å². The summed E-state index contributed by atoms with van der Waals surface area (Å²) in [5.74, 6) is 0.547. The van der Waals surface area contributed by atoms with Crippen LogP contribution in [0.1, 0.15) is 32.3 Å². The summed E-state index contributed by atoms with van der Waals surface area (Å²) < 4.78 is 39.5. The number of nitrogens with one attached hydrogen (secondary N) is 1. The second-order valence-electron chi connectivity index (χ2n) is 10.4. The number of hydrogen-bond acceptors (Lipinski definition) is 7. The van der Waals surface area contributed by atoms with Crippen molar-refractivity contribution in [3.63, 3.8) is 0 Å². The van der Waals surface area contributed by atoms with Crippen molar-refractivity contribution in [3.8, 4) is 11.5 Å². The molecule has 0 saturated heterocycles. The molecule has 10 nitrogen and oxygen atoms in total. The summed E-state index contributed by atoms with van der Waals surface area (Å²) in [6.07, 6.45) is 1.16. The van der Waals surface area contributed by atoms with Gasteiger partial charge in [0, 0.05) is 36.7 Å². The van der Waals surface area contributed by atoms with Crippen LogP contribution in [0.3, 0.4) is 0 Å². The van der Waals surface area contributed by atoms with Crippen LogP contribution in [0.5, 0.6) is 11.5 Å². The monoisotopic (exact) mass is 559 g/mol. The minimum atomic E-state index is -3.83. The predicted molar refractivity (Wildman–Crippen MR) is 146 cm³/mol. The first-order valence-corrected chi connectivity index (χ1v) is 14.6. The number of ether oxygens (including phenoxy) is 2. The third-order valence-corrected chi connectivity index (χ3v) is 9.17. The van der Waals surface area contributed by atoms with E-state index in [1.807, 2.05) is 6.92 Å². The zero-order chi connectivity index (χ0) is 28.3. The first-order valence-electron chi connectivity index (χ1n) is 13.1. The van der Waals surface area contributed by atoms with Gasteiger partial charge in [0.1, 0.15) is 17.6 Å². The third kappa shape index (κ3) is 6.71. The van der Waals surface area contributed by atoms with Gasteiger partial charge >= 0.3 is 0 Å². The van der Waals surface area contributed by atoms with E-state index in [1.165, 1.54) is 30.6 Å². The first kappa shape index (κ1) is 28.8. The fraction of sp³-hybridized carbons (Fsp3) is 0.500. The number of hydrogen-bond donors (Lipinski definition) is 2. The number of aliphatic hydroxyl groups excluding tert-OH is 1. The Balaban J connectivity index is 1.63. The van der Waals surface area contributed by atoms with Gasteiger partial charge in [-0.25, -0.2) is 8.42 Å². The fourth-order valence-corrected chi connectivity index (χ4v) is 5.78. The Bertz CT molecular complexity index is 1290. The van der Waals surface area contributed by atoms with Gasteiger partial charge < -0.3 is 24.8 Å². The normalized spacial score (nSPS) is 20.8. The molecule has 2 N–H and O–H groups in total. The van der Waals surface area contributed by atoms with Gasteiger partial charge in [0.05, 0.1) is 37.6 Å². The van der Waals surface area contributed by atoms with Crippen LogP contribution in [-0.2, 0) is 26.0 Å². The summed E-state index contributed by atoms with van der Waals surface area (Å²) in [5.41, 5.74) is 1.16. The van der Waals surface area contributed by atoms with E-state index in [-0.39, 0.29) is 54.7 Å². The molecule has 1 aliphatic heterocycles. The second-order valence-corrected chi connectivity index (χ2v) is 12.5. The van der Waals surface area contributed by atoms with Gasteiger partial charge in [-0.1, -0.05) is 6.92 Å². The first-order chi connectivity index (χ1) is 18.5. The highest BCUT2D eigenvalue weighted by Crippen LogP contribution is 2.33. The smallest absolute Gasteiger partial charge is 0.242 e. The lowest BCUT2D eigenvalue weighted by Gasteiger charge is -2.33. The molecule has 1 aliphatic carbocycles. The Labute approximate surface area is 229 Å². The number of likely N-dealkylation sites (N-methyl/N-ethyl adjacent to an activating group) is 1. The summed E-state index contributed by atoms with van der Waals surface area (Å²) in [6.45, 7) is 3.77. The highest BCUT2D eigenvalue weighted by Gasteiger charge is 2.34. The van der Waals surface area contributed by atoms with Crippen molar-refractivity contribution in [1.29, 1.82) is 0 Å². The summed E-state index contributed by atoms with van der Waals surface area (Å²) >= 11 is 0. The van der Waals surface area contributed by atoms with Crippen molar-refractivity contribution < 1.29 is 32.6 Å². The number of benzene rings is 2.